The highest BCUT2D eigenvalue weighted by molar-refractivity contribution is 5.69. The quantitative estimate of drug-likeness (QED) is 0.695. The summed E-state index contributed by atoms with van der Waals surface area (Å²) in [5.74, 6) is 2.81. The van der Waals surface area contributed by atoms with Crippen LogP contribution in [0.4, 0.5) is 4.79 Å². The van der Waals surface area contributed by atoms with E-state index >= 15 is 0 Å². The molecule has 1 heterocycles. The molecule has 0 spiro atoms. The number of alkyl carbamates (subject to hydrolysis) is 1. The molecule has 1 amide bonds. The molecule has 5 rings (SSSR count). The zero-order valence-electron chi connectivity index (χ0n) is 16.2. The second kappa shape index (κ2) is 5.73. The van der Waals surface area contributed by atoms with Crippen LogP contribution in [0.3, 0.4) is 0 Å². The lowest BCUT2D eigenvalue weighted by Crippen LogP contribution is -2.51. The fourth-order valence-electron chi connectivity index (χ4n) is 7.92. The standard InChI is InChI=1S/C22H33NO3/c1-21-9-7-14(24)11-13(21)3-4-15-16-5-6-18(19-12-23-20(25)26-19)22(16,2)10-8-17(15)21/h3,14-19,24H,4-12H2,1-2H3,(H,23,25)/t14-,15-,16-,17-,18+,19+,21-,22-/m0/s1. The number of hydrogen-bond donors (Lipinski definition) is 2. The number of amides is 1. The van der Waals surface area contributed by atoms with E-state index in [1.807, 2.05) is 0 Å². The lowest BCUT2D eigenvalue weighted by atomic mass is 9.47. The minimum absolute atomic E-state index is 0.0733. The molecule has 2 N–H and O–H groups in total. The number of ether oxygens (including phenoxy) is 1. The fourth-order valence-corrected chi connectivity index (χ4v) is 7.92. The minimum atomic E-state index is -0.228. The smallest absolute Gasteiger partial charge is 0.407 e. The van der Waals surface area contributed by atoms with E-state index in [2.05, 4.69) is 25.2 Å². The van der Waals surface area contributed by atoms with Gasteiger partial charge in [0.05, 0.1) is 12.6 Å². The van der Waals surface area contributed by atoms with Gasteiger partial charge in [-0.3, -0.25) is 0 Å². The Kier molecular flexibility index (Phi) is 3.77. The van der Waals surface area contributed by atoms with Gasteiger partial charge in [-0.05, 0) is 80.0 Å². The van der Waals surface area contributed by atoms with Gasteiger partial charge < -0.3 is 15.2 Å². The number of allylic oxidation sites excluding steroid dienone is 1. The molecule has 26 heavy (non-hydrogen) atoms. The van der Waals surface area contributed by atoms with E-state index in [4.69, 9.17) is 4.74 Å². The highest BCUT2D eigenvalue weighted by Gasteiger charge is 2.60. The molecule has 1 aliphatic heterocycles. The van der Waals surface area contributed by atoms with Gasteiger partial charge in [0.1, 0.15) is 6.10 Å². The first-order valence-electron chi connectivity index (χ1n) is 10.7. The summed E-state index contributed by atoms with van der Waals surface area (Å²) in [6.45, 7) is 5.67. The van der Waals surface area contributed by atoms with Crippen molar-refractivity contribution in [1.29, 1.82) is 0 Å². The summed E-state index contributed by atoms with van der Waals surface area (Å²) in [5.41, 5.74) is 2.17. The average molecular weight is 360 g/mol. The summed E-state index contributed by atoms with van der Waals surface area (Å²) in [7, 11) is 0. The van der Waals surface area contributed by atoms with Crippen LogP contribution < -0.4 is 5.32 Å². The Hall–Kier alpha value is -1.03. The van der Waals surface area contributed by atoms with Crippen LogP contribution in [0.25, 0.3) is 0 Å². The monoisotopic (exact) mass is 359 g/mol. The van der Waals surface area contributed by atoms with E-state index in [1.165, 1.54) is 32.1 Å². The Labute approximate surface area is 156 Å². The zero-order valence-corrected chi connectivity index (χ0v) is 16.2. The Balaban J connectivity index is 1.42. The van der Waals surface area contributed by atoms with Gasteiger partial charge in [0.15, 0.2) is 0 Å². The molecule has 0 unspecified atom stereocenters. The summed E-state index contributed by atoms with van der Waals surface area (Å²) >= 11 is 0. The summed E-state index contributed by atoms with van der Waals surface area (Å²) < 4.78 is 5.62. The van der Waals surface area contributed by atoms with Crippen molar-refractivity contribution in [2.75, 3.05) is 6.54 Å². The second-order valence-corrected chi connectivity index (χ2v) is 10.2. The molecule has 0 aromatic heterocycles. The van der Waals surface area contributed by atoms with Crippen LogP contribution >= 0.6 is 0 Å². The van der Waals surface area contributed by atoms with Crippen molar-refractivity contribution in [2.24, 2.45) is 34.5 Å². The number of carbonyl (C=O) groups excluding carboxylic acids is 1. The molecule has 1 saturated heterocycles. The van der Waals surface area contributed by atoms with Crippen molar-refractivity contribution >= 4 is 6.09 Å². The van der Waals surface area contributed by atoms with Crippen LogP contribution in [0, 0.1) is 34.5 Å². The number of nitrogens with one attached hydrogen (secondary N) is 1. The molecule has 4 aliphatic carbocycles. The molecule has 4 heteroatoms. The maximum Gasteiger partial charge on any atom is 0.407 e. The molecule has 0 aromatic carbocycles. The van der Waals surface area contributed by atoms with E-state index in [0.717, 1.165) is 37.0 Å². The first kappa shape index (κ1) is 17.1. The number of aliphatic hydroxyl groups excluding tert-OH is 1. The normalized spacial score (nSPS) is 53.0. The Morgan fingerprint density at radius 2 is 1.92 bits per heavy atom. The minimum Gasteiger partial charge on any atom is -0.444 e. The summed E-state index contributed by atoms with van der Waals surface area (Å²) in [5, 5.41) is 13.0. The largest absolute Gasteiger partial charge is 0.444 e. The third kappa shape index (κ3) is 2.26. The molecule has 0 bridgehead atoms. The van der Waals surface area contributed by atoms with Crippen LogP contribution in [0.2, 0.25) is 0 Å². The number of carbonyl (C=O) groups is 1. The van der Waals surface area contributed by atoms with Gasteiger partial charge in [0, 0.05) is 5.92 Å². The Morgan fingerprint density at radius 3 is 2.69 bits per heavy atom. The molecule has 0 aromatic rings. The van der Waals surface area contributed by atoms with Gasteiger partial charge in [0.2, 0.25) is 0 Å². The first-order valence-corrected chi connectivity index (χ1v) is 10.7. The van der Waals surface area contributed by atoms with Crippen LogP contribution in [0.1, 0.15) is 65.2 Å². The van der Waals surface area contributed by atoms with Gasteiger partial charge >= 0.3 is 6.09 Å². The van der Waals surface area contributed by atoms with Crippen molar-refractivity contribution in [2.45, 2.75) is 77.4 Å². The lowest BCUT2D eigenvalue weighted by molar-refractivity contribution is -0.0658. The van der Waals surface area contributed by atoms with E-state index in [9.17, 15) is 9.90 Å². The van der Waals surface area contributed by atoms with Crippen molar-refractivity contribution in [3.63, 3.8) is 0 Å². The molecule has 4 fully saturated rings. The van der Waals surface area contributed by atoms with E-state index in [1.54, 1.807) is 5.57 Å². The highest BCUT2D eigenvalue weighted by atomic mass is 16.6. The summed E-state index contributed by atoms with van der Waals surface area (Å²) in [4.78, 5) is 11.6. The molecular formula is C22H33NO3. The van der Waals surface area contributed by atoms with E-state index in [-0.39, 0.29) is 18.3 Å². The van der Waals surface area contributed by atoms with E-state index < -0.39 is 0 Å². The second-order valence-electron chi connectivity index (χ2n) is 10.2. The van der Waals surface area contributed by atoms with Gasteiger partial charge in [-0.1, -0.05) is 25.5 Å². The number of fused-ring (bicyclic) bond motifs is 5. The van der Waals surface area contributed by atoms with Crippen LogP contribution in [-0.2, 0) is 4.74 Å². The van der Waals surface area contributed by atoms with Crippen molar-refractivity contribution < 1.29 is 14.6 Å². The topological polar surface area (TPSA) is 58.6 Å². The predicted octanol–water partition coefficient (Wildman–Crippen LogP) is 4.03. The fraction of sp³-hybridized carbons (Fsp3) is 0.864. The number of hydrogen-bond acceptors (Lipinski definition) is 3. The molecule has 5 aliphatic rings. The van der Waals surface area contributed by atoms with Gasteiger partial charge in [-0.2, -0.15) is 0 Å². The van der Waals surface area contributed by atoms with Crippen molar-refractivity contribution in [3.8, 4) is 0 Å². The summed E-state index contributed by atoms with van der Waals surface area (Å²) in [6.07, 6.45) is 11.5. The summed E-state index contributed by atoms with van der Waals surface area (Å²) in [6, 6.07) is 0. The molecule has 4 nitrogen and oxygen atoms in total. The maximum absolute atomic E-state index is 11.6. The zero-order chi connectivity index (χ0) is 18.1. The Bertz CT molecular complexity index is 645. The SMILES string of the molecule is C[C@]12CC[C@H]3[C@@H](CC=C4C[C@@H](O)CC[C@@]43C)[C@@H]1CC[C@@H]2[C@H]1CNC(=O)O1. The van der Waals surface area contributed by atoms with Gasteiger partial charge in [-0.25, -0.2) is 4.79 Å². The van der Waals surface area contributed by atoms with Crippen LogP contribution in [0.5, 0.6) is 0 Å². The molecular weight excluding hydrogens is 326 g/mol. The lowest BCUT2D eigenvalue weighted by Gasteiger charge is -2.58. The number of rotatable bonds is 1. The third-order valence-corrected chi connectivity index (χ3v) is 9.31. The average Bonchev–Trinajstić information content (AvgIpc) is 3.18. The molecule has 3 saturated carbocycles. The number of aliphatic hydroxyl groups is 1. The Morgan fingerprint density at radius 1 is 1.12 bits per heavy atom. The highest BCUT2D eigenvalue weighted by Crippen LogP contribution is 2.66. The predicted molar refractivity (Wildman–Crippen MR) is 99.5 cm³/mol. The van der Waals surface area contributed by atoms with Gasteiger partial charge in [0.25, 0.3) is 0 Å². The first-order chi connectivity index (χ1) is 12.4. The van der Waals surface area contributed by atoms with Crippen molar-refractivity contribution in [1.82, 2.24) is 5.32 Å². The van der Waals surface area contributed by atoms with Crippen LogP contribution in [0.15, 0.2) is 11.6 Å². The molecule has 8 atom stereocenters. The molecule has 0 radical (unpaired) electrons. The molecule has 144 valence electrons. The number of cyclic esters (lactones) is 1. The van der Waals surface area contributed by atoms with Crippen molar-refractivity contribution in [3.05, 3.63) is 11.6 Å². The third-order valence-electron chi connectivity index (χ3n) is 9.31. The van der Waals surface area contributed by atoms with Gasteiger partial charge in [-0.15, -0.1) is 0 Å². The van der Waals surface area contributed by atoms with E-state index in [0.29, 0.717) is 23.3 Å². The maximum atomic E-state index is 11.6. The van der Waals surface area contributed by atoms with Crippen LogP contribution in [-0.4, -0.2) is 30.0 Å².